The molecule has 0 fully saturated rings. The van der Waals surface area contributed by atoms with E-state index in [1.807, 2.05) is 0 Å². The molecule has 0 aromatic rings. The van der Waals surface area contributed by atoms with E-state index in [2.05, 4.69) is 27.7 Å². The molecule has 0 N–H and O–H groups in total. The summed E-state index contributed by atoms with van der Waals surface area (Å²) in [7, 11) is 0. The van der Waals surface area contributed by atoms with Crippen LogP contribution in [0.3, 0.4) is 0 Å². The highest BCUT2D eigenvalue weighted by Crippen LogP contribution is 2.32. The summed E-state index contributed by atoms with van der Waals surface area (Å²) in [6.45, 7) is 9.51. The van der Waals surface area contributed by atoms with Crippen LogP contribution in [0, 0.1) is 5.41 Å². The van der Waals surface area contributed by atoms with Gasteiger partial charge >= 0.3 is 5.97 Å². The molecule has 0 rings (SSSR count). The number of ether oxygens (including phenoxy) is 1. The minimum absolute atomic E-state index is 0.0665. The molecule has 0 radical (unpaired) electrons. The Labute approximate surface area is 184 Å². The Hall–Kier alpha value is -0.530. The van der Waals surface area contributed by atoms with Gasteiger partial charge in [0.2, 0.25) is 0 Å². The van der Waals surface area contributed by atoms with Crippen molar-refractivity contribution in [1.82, 2.24) is 0 Å². The summed E-state index contributed by atoms with van der Waals surface area (Å²) in [5.41, 5.74) is -0.266. The molecule has 0 saturated carbocycles. The third-order valence-electron chi connectivity index (χ3n) is 6.39. The first-order valence-corrected chi connectivity index (χ1v) is 13.3. The van der Waals surface area contributed by atoms with E-state index in [-0.39, 0.29) is 11.4 Å². The number of carbonyl (C=O) groups is 1. The van der Waals surface area contributed by atoms with Gasteiger partial charge < -0.3 is 4.74 Å². The Morgan fingerprint density at radius 2 is 0.931 bits per heavy atom. The maximum absolute atomic E-state index is 12.8. The summed E-state index contributed by atoms with van der Waals surface area (Å²) >= 11 is 0. The van der Waals surface area contributed by atoms with E-state index in [9.17, 15) is 4.79 Å². The second-order valence-electron chi connectivity index (χ2n) is 9.50. The number of rotatable bonds is 22. The third kappa shape index (κ3) is 16.9. The molecule has 0 spiro atoms. The molecule has 0 amide bonds. The van der Waals surface area contributed by atoms with Crippen LogP contribution in [0.25, 0.3) is 0 Å². The van der Waals surface area contributed by atoms with Crippen molar-refractivity contribution in [3.63, 3.8) is 0 Å². The van der Waals surface area contributed by atoms with Gasteiger partial charge in [-0.1, -0.05) is 130 Å². The number of carbonyl (C=O) groups excluding carboxylic acids is 1. The van der Waals surface area contributed by atoms with Crippen molar-refractivity contribution in [2.24, 2.45) is 5.41 Å². The van der Waals surface area contributed by atoms with Gasteiger partial charge in [0.15, 0.2) is 0 Å². The average molecular weight is 411 g/mol. The van der Waals surface area contributed by atoms with Crippen molar-refractivity contribution in [2.75, 3.05) is 6.61 Å². The van der Waals surface area contributed by atoms with Crippen molar-refractivity contribution < 1.29 is 9.53 Å². The van der Waals surface area contributed by atoms with E-state index in [0.717, 1.165) is 32.1 Å². The average Bonchev–Trinajstić information content (AvgIpc) is 2.72. The first-order valence-electron chi connectivity index (χ1n) is 13.3. The lowest BCUT2D eigenvalue weighted by Gasteiger charge is -2.27. The molecular formula is C27H54O2. The van der Waals surface area contributed by atoms with Crippen molar-refractivity contribution in [1.29, 1.82) is 0 Å². The molecule has 0 heterocycles. The molecule has 2 heteroatoms. The quantitative estimate of drug-likeness (QED) is 0.131. The normalized spacial score (nSPS) is 13.4. The maximum Gasteiger partial charge on any atom is 0.311 e. The molecule has 2 nitrogen and oxygen atoms in total. The van der Waals surface area contributed by atoms with Gasteiger partial charge in [0.1, 0.15) is 0 Å². The third-order valence-corrected chi connectivity index (χ3v) is 6.39. The van der Waals surface area contributed by atoms with Gasteiger partial charge in [0.25, 0.3) is 0 Å². The standard InChI is InChI=1S/C27H54O2/c1-5-8-11-13-15-17-19-21-24-27(4,23-10-7-3)26(28)29-25-22-20-18-16-14-12-9-6-2/h5-25H2,1-4H3. The van der Waals surface area contributed by atoms with Crippen molar-refractivity contribution in [2.45, 2.75) is 156 Å². The summed E-state index contributed by atoms with van der Waals surface area (Å²) < 4.78 is 5.73. The Morgan fingerprint density at radius 1 is 0.552 bits per heavy atom. The SMILES string of the molecule is CCCCCCCCCCOC(=O)C(C)(CCCC)CCCCCCCCCC. The zero-order valence-electron chi connectivity index (χ0n) is 20.7. The molecule has 0 bridgehead atoms. The van der Waals surface area contributed by atoms with Gasteiger partial charge in [0, 0.05) is 0 Å². The van der Waals surface area contributed by atoms with E-state index >= 15 is 0 Å². The highest BCUT2D eigenvalue weighted by atomic mass is 16.5. The zero-order valence-corrected chi connectivity index (χ0v) is 20.7. The van der Waals surface area contributed by atoms with Crippen LogP contribution < -0.4 is 0 Å². The van der Waals surface area contributed by atoms with Crippen molar-refractivity contribution in [3.8, 4) is 0 Å². The van der Waals surface area contributed by atoms with E-state index in [1.165, 1.54) is 96.3 Å². The molecule has 0 aliphatic carbocycles. The van der Waals surface area contributed by atoms with Crippen LogP contribution in [0.1, 0.15) is 156 Å². The lowest BCUT2D eigenvalue weighted by atomic mass is 9.80. The molecule has 0 saturated heterocycles. The van der Waals surface area contributed by atoms with Crippen LogP contribution in [0.4, 0.5) is 0 Å². The van der Waals surface area contributed by atoms with E-state index in [0.29, 0.717) is 6.61 Å². The van der Waals surface area contributed by atoms with Gasteiger partial charge in [-0.25, -0.2) is 0 Å². The van der Waals surface area contributed by atoms with Crippen LogP contribution in [0.2, 0.25) is 0 Å². The summed E-state index contributed by atoms with van der Waals surface area (Å²) in [6.07, 6.45) is 25.1. The number of hydrogen-bond donors (Lipinski definition) is 0. The largest absolute Gasteiger partial charge is 0.465 e. The molecule has 1 atom stereocenters. The van der Waals surface area contributed by atoms with Gasteiger partial charge in [-0.3, -0.25) is 4.79 Å². The molecule has 1 unspecified atom stereocenters. The van der Waals surface area contributed by atoms with Crippen molar-refractivity contribution in [3.05, 3.63) is 0 Å². The molecular weight excluding hydrogens is 356 g/mol. The lowest BCUT2D eigenvalue weighted by molar-refractivity contribution is -0.156. The Kier molecular flexibility index (Phi) is 20.4. The molecule has 29 heavy (non-hydrogen) atoms. The molecule has 0 aromatic carbocycles. The van der Waals surface area contributed by atoms with E-state index < -0.39 is 0 Å². The van der Waals surface area contributed by atoms with Crippen molar-refractivity contribution >= 4 is 5.97 Å². The fourth-order valence-electron chi connectivity index (χ4n) is 4.12. The van der Waals surface area contributed by atoms with E-state index in [4.69, 9.17) is 4.74 Å². The predicted octanol–water partition coefficient (Wildman–Crippen LogP) is 9.40. The fourth-order valence-corrected chi connectivity index (χ4v) is 4.12. The highest BCUT2D eigenvalue weighted by Gasteiger charge is 2.33. The van der Waals surface area contributed by atoms with E-state index in [1.54, 1.807) is 0 Å². The van der Waals surface area contributed by atoms with Crippen LogP contribution in [0.15, 0.2) is 0 Å². The second kappa shape index (κ2) is 20.7. The monoisotopic (exact) mass is 410 g/mol. The minimum atomic E-state index is -0.266. The van der Waals surface area contributed by atoms with Gasteiger partial charge in [-0.2, -0.15) is 0 Å². The first-order chi connectivity index (χ1) is 14.1. The summed E-state index contributed by atoms with van der Waals surface area (Å²) in [6, 6.07) is 0. The smallest absolute Gasteiger partial charge is 0.311 e. The Balaban J connectivity index is 3.97. The molecule has 0 aromatic heterocycles. The first kappa shape index (κ1) is 28.5. The van der Waals surface area contributed by atoms with Crippen LogP contribution in [-0.4, -0.2) is 12.6 Å². The van der Waals surface area contributed by atoms with Crippen LogP contribution in [0.5, 0.6) is 0 Å². The van der Waals surface area contributed by atoms with Gasteiger partial charge in [-0.05, 0) is 26.2 Å². The maximum atomic E-state index is 12.8. The topological polar surface area (TPSA) is 26.3 Å². The van der Waals surface area contributed by atoms with Crippen LogP contribution in [-0.2, 0) is 9.53 Å². The van der Waals surface area contributed by atoms with Crippen LogP contribution >= 0.6 is 0 Å². The Morgan fingerprint density at radius 3 is 1.41 bits per heavy atom. The molecule has 174 valence electrons. The fraction of sp³-hybridized carbons (Fsp3) is 0.963. The highest BCUT2D eigenvalue weighted by molar-refractivity contribution is 5.76. The zero-order chi connectivity index (χ0) is 21.6. The van der Waals surface area contributed by atoms with Gasteiger partial charge in [-0.15, -0.1) is 0 Å². The Bertz CT molecular complexity index is 352. The second-order valence-corrected chi connectivity index (χ2v) is 9.50. The number of esters is 1. The van der Waals surface area contributed by atoms with Gasteiger partial charge in [0.05, 0.1) is 12.0 Å². The predicted molar refractivity (Wildman–Crippen MR) is 128 cm³/mol. The minimum Gasteiger partial charge on any atom is -0.465 e. The summed E-state index contributed by atoms with van der Waals surface area (Å²) in [5.74, 6) is 0.0665. The summed E-state index contributed by atoms with van der Waals surface area (Å²) in [5, 5.41) is 0. The molecule has 0 aliphatic heterocycles. The molecule has 0 aliphatic rings. The number of hydrogen-bond acceptors (Lipinski definition) is 2. The summed E-state index contributed by atoms with van der Waals surface area (Å²) in [4.78, 5) is 12.8. The lowest BCUT2D eigenvalue weighted by Crippen LogP contribution is -2.30. The number of unbranched alkanes of at least 4 members (excludes halogenated alkanes) is 15.